The van der Waals surface area contributed by atoms with E-state index in [0.717, 1.165) is 0 Å². The number of aliphatic hydroxyl groups is 1. The lowest BCUT2D eigenvalue weighted by Crippen LogP contribution is -2.34. The van der Waals surface area contributed by atoms with Crippen molar-refractivity contribution in [3.63, 3.8) is 0 Å². The Morgan fingerprint density at radius 2 is 2.07 bits per heavy atom. The van der Waals surface area contributed by atoms with Crippen LogP contribution in [0.15, 0.2) is 5.16 Å². The lowest BCUT2D eigenvalue weighted by atomic mass is 10.4. The number of hydrogen-bond acceptors (Lipinski definition) is 5. The quantitative estimate of drug-likeness (QED) is 0.153. The molecule has 0 spiro atoms. The van der Waals surface area contributed by atoms with E-state index in [1.54, 1.807) is 0 Å². The van der Waals surface area contributed by atoms with Crippen molar-refractivity contribution < 1.29 is 14.8 Å². The van der Waals surface area contributed by atoms with Gasteiger partial charge in [0.1, 0.15) is 19.3 Å². The summed E-state index contributed by atoms with van der Waals surface area (Å²) in [5.41, 5.74) is 16.8. The predicted molar refractivity (Wildman–Crippen MR) is 48.8 cm³/mol. The van der Waals surface area contributed by atoms with Gasteiger partial charge >= 0.3 is 0 Å². The third-order valence-electron chi connectivity index (χ3n) is 0.895. The molecule has 82 valence electrons. The van der Waals surface area contributed by atoms with Crippen molar-refractivity contribution in [1.29, 1.82) is 5.41 Å². The van der Waals surface area contributed by atoms with Gasteiger partial charge in [-0.1, -0.05) is 0 Å². The van der Waals surface area contributed by atoms with E-state index < -0.39 is 6.10 Å². The van der Waals surface area contributed by atoms with Crippen LogP contribution < -0.4 is 22.7 Å². The molecule has 9 N–H and O–H groups in total. The molecular formula is C5H14N6O3. The maximum Gasteiger partial charge on any atom is 0.228 e. The number of hydroxylamine groups is 1. The SMILES string of the molecule is N=C(N)NOCC(O)CON=C(N)N. The van der Waals surface area contributed by atoms with Crippen molar-refractivity contribution in [2.75, 3.05) is 13.2 Å². The van der Waals surface area contributed by atoms with Crippen molar-refractivity contribution in [1.82, 2.24) is 5.48 Å². The smallest absolute Gasteiger partial charge is 0.228 e. The minimum atomic E-state index is -0.926. The van der Waals surface area contributed by atoms with E-state index in [1.807, 2.05) is 5.48 Å². The minimum absolute atomic E-state index is 0.112. The van der Waals surface area contributed by atoms with Crippen LogP contribution in [0.4, 0.5) is 0 Å². The highest BCUT2D eigenvalue weighted by atomic mass is 16.7. The average molecular weight is 206 g/mol. The van der Waals surface area contributed by atoms with Crippen LogP contribution in [-0.2, 0) is 9.68 Å². The van der Waals surface area contributed by atoms with E-state index >= 15 is 0 Å². The Bertz CT molecular complexity index is 204. The van der Waals surface area contributed by atoms with Gasteiger partial charge in [-0.25, -0.2) is 5.48 Å². The molecule has 1 atom stereocenters. The largest absolute Gasteiger partial charge is 0.390 e. The van der Waals surface area contributed by atoms with Crippen LogP contribution in [0.5, 0.6) is 0 Å². The maximum absolute atomic E-state index is 9.12. The van der Waals surface area contributed by atoms with Gasteiger partial charge < -0.3 is 27.1 Å². The summed E-state index contributed by atoms with van der Waals surface area (Å²) < 4.78 is 0. The van der Waals surface area contributed by atoms with Crippen molar-refractivity contribution in [3.8, 4) is 0 Å². The molecule has 0 aliphatic heterocycles. The van der Waals surface area contributed by atoms with E-state index in [1.165, 1.54) is 0 Å². The maximum atomic E-state index is 9.12. The average Bonchev–Trinajstić information content (AvgIpc) is 2.02. The molecule has 0 radical (unpaired) electrons. The van der Waals surface area contributed by atoms with Crippen LogP contribution >= 0.6 is 0 Å². The van der Waals surface area contributed by atoms with Crippen LogP contribution in [0.3, 0.4) is 0 Å². The second-order valence-electron chi connectivity index (χ2n) is 2.29. The summed E-state index contributed by atoms with van der Waals surface area (Å²) in [5.74, 6) is -0.595. The fourth-order valence-electron chi connectivity index (χ4n) is 0.462. The van der Waals surface area contributed by atoms with Crippen LogP contribution in [0.25, 0.3) is 0 Å². The van der Waals surface area contributed by atoms with Crippen LogP contribution in [0, 0.1) is 5.41 Å². The van der Waals surface area contributed by atoms with Crippen molar-refractivity contribution in [2.45, 2.75) is 6.10 Å². The number of nitrogens with one attached hydrogen (secondary N) is 2. The molecule has 0 rings (SSSR count). The summed E-state index contributed by atoms with van der Waals surface area (Å²) in [6, 6.07) is 0. The van der Waals surface area contributed by atoms with E-state index in [2.05, 4.69) is 14.8 Å². The zero-order valence-electron chi connectivity index (χ0n) is 7.43. The van der Waals surface area contributed by atoms with Gasteiger partial charge in [-0.15, -0.1) is 0 Å². The summed E-state index contributed by atoms with van der Waals surface area (Å²) in [6.07, 6.45) is -0.926. The normalized spacial score (nSPS) is 11.5. The molecule has 9 nitrogen and oxygen atoms in total. The summed E-state index contributed by atoms with van der Waals surface area (Å²) in [5, 5.41) is 19.0. The Morgan fingerprint density at radius 1 is 1.43 bits per heavy atom. The Labute approximate surface area is 80.3 Å². The van der Waals surface area contributed by atoms with E-state index in [9.17, 15) is 0 Å². The Morgan fingerprint density at radius 3 is 2.57 bits per heavy atom. The highest BCUT2D eigenvalue weighted by molar-refractivity contribution is 5.74. The van der Waals surface area contributed by atoms with Crippen LogP contribution in [-0.4, -0.2) is 36.3 Å². The fraction of sp³-hybridized carbons (Fsp3) is 0.600. The number of rotatable bonds is 6. The Balaban J connectivity index is 3.41. The second kappa shape index (κ2) is 6.74. The monoisotopic (exact) mass is 206 g/mol. The lowest BCUT2D eigenvalue weighted by Gasteiger charge is -2.09. The standard InChI is InChI=1S/C5H14N6O3/c6-4(7)10-13-1-3(12)2-14-11-5(8)9/h3,12H,1-2H2,(H4,6,7,10)(H4,8,9,11). The highest BCUT2D eigenvalue weighted by Gasteiger charge is 2.04. The third kappa shape index (κ3) is 8.36. The van der Waals surface area contributed by atoms with Gasteiger partial charge in [-0.05, 0) is 5.16 Å². The van der Waals surface area contributed by atoms with E-state index in [4.69, 9.17) is 27.7 Å². The first-order valence-corrected chi connectivity index (χ1v) is 3.63. The predicted octanol–water partition coefficient (Wildman–Crippen LogP) is -3.03. The van der Waals surface area contributed by atoms with E-state index in [-0.39, 0.29) is 25.1 Å². The molecule has 14 heavy (non-hydrogen) atoms. The summed E-state index contributed by atoms with van der Waals surface area (Å²) in [6.45, 7) is -0.239. The molecule has 0 fully saturated rings. The fourth-order valence-corrected chi connectivity index (χ4v) is 0.462. The third-order valence-corrected chi connectivity index (χ3v) is 0.895. The molecule has 0 aliphatic carbocycles. The number of nitrogens with zero attached hydrogens (tertiary/aromatic N) is 1. The van der Waals surface area contributed by atoms with Gasteiger partial charge in [0.05, 0.1) is 0 Å². The van der Waals surface area contributed by atoms with Gasteiger partial charge in [0.2, 0.25) is 11.9 Å². The summed E-state index contributed by atoms with van der Waals surface area (Å²) in [7, 11) is 0. The zero-order valence-corrected chi connectivity index (χ0v) is 7.43. The Hall–Kier alpha value is -1.74. The van der Waals surface area contributed by atoms with Gasteiger partial charge in [-0.3, -0.25) is 10.2 Å². The highest BCUT2D eigenvalue weighted by Crippen LogP contribution is 1.86. The number of oxime groups is 1. The Kier molecular flexibility index (Phi) is 5.90. The molecule has 0 heterocycles. The summed E-state index contributed by atoms with van der Waals surface area (Å²) >= 11 is 0. The van der Waals surface area contributed by atoms with Crippen molar-refractivity contribution in [3.05, 3.63) is 0 Å². The molecule has 0 aliphatic rings. The van der Waals surface area contributed by atoms with Crippen molar-refractivity contribution in [2.24, 2.45) is 22.4 Å². The number of guanidine groups is 2. The number of hydrogen-bond donors (Lipinski definition) is 6. The molecule has 0 aromatic carbocycles. The van der Waals surface area contributed by atoms with E-state index in [0.29, 0.717) is 0 Å². The molecular weight excluding hydrogens is 192 g/mol. The summed E-state index contributed by atoms with van der Waals surface area (Å²) in [4.78, 5) is 9.08. The topological polar surface area (TPSA) is 165 Å². The zero-order chi connectivity index (χ0) is 11.0. The lowest BCUT2D eigenvalue weighted by molar-refractivity contribution is -0.0348. The molecule has 0 amide bonds. The number of nitrogens with two attached hydrogens (primary N) is 3. The molecule has 0 saturated heterocycles. The molecule has 0 saturated carbocycles. The molecule has 9 heteroatoms. The molecule has 0 bridgehead atoms. The van der Waals surface area contributed by atoms with Gasteiger partial charge in [0.25, 0.3) is 0 Å². The first-order valence-electron chi connectivity index (χ1n) is 3.63. The number of aliphatic hydroxyl groups excluding tert-OH is 1. The van der Waals surface area contributed by atoms with Gasteiger partial charge in [-0.2, -0.15) is 0 Å². The van der Waals surface area contributed by atoms with Crippen molar-refractivity contribution >= 4 is 11.9 Å². The minimum Gasteiger partial charge on any atom is -0.390 e. The molecule has 0 aromatic rings. The van der Waals surface area contributed by atoms with Gasteiger partial charge in [0, 0.05) is 0 Å². The van der Waals surface area contributed by atoms with Gasteiger partial charge in [0.15, 0.2) is 0 Å². The van der Waals surface area contributed by atoms with Crippen LogP contribution in [0.1, 0.15) is 0 Å². The van der Waals surface area contributed by atoms with Crippen LogP contribution in [0.2, 0.25) is 0 Å². The molecule has 1 unspecified atom stereocenters. The first-order chi connectivity index (χ1) is 6.52. The second-order valence-corrected chi connectivity index (χ2v) is 2.29. The first kappa shape index (κ1) is 12.3. The molecule has 0 aromatic heterocycles.